The molecule has 1 aliphatic heterocycles. The Morgan fingerprint density at radius 2 is 2.00 bits per heavy atom. The van der Waals surface area contributed by atoms with E-state index in [0.717, 1.165) is 12.0 Å². The molecule has 9 heteroatoms. The van der Waals surface area contributed by atoms with Crippen LogP contribution in [0, 0.1) is 5.82 Å². The van der Waals surface area contributed by atoms with Crippen molar-refractivity contribution in [2.45, 2.75) is 25.8 Å². The van der Waals surface area contributed by atoms with Crippen molar-refractivity contribution >= 4 is 17.6 Å². The van der Waals surface area contributed by atoms with Crippen molar-refractivity contribution < 1.29 is 23.5 Å². The van der Waals surface area contributed by atoms with Gasteiger partial charge in [0.05, 0.1) is 25.5 Å². The minimum Gasteiger partial charge on any atom is -0.497 e. The van der Waals surface area contributed by atoms with Gasteiger partial charge < -0.3 is 19.7 Å². The van der Waals surface area contributed by atoms with E-state index in [9.17, 15) is 14.0 Å². The molecular formula is C25H31FN4O4. The van der Waals surface area contributed by atoms with Crippen molar-refractivity contribution in [2.75, 3.05) is 40.5 Å². The van der Waals surface area contributed by atoms with Crippen LogP contribution in [0.2, 0.25) is 0 Å². The Kier molecular flexibility index (Phi) is 8.98. The first-order valence-electron chi connectivity index (χ1n) is 11.3. The Labute approximate surface area is 199 Å². The molecule has 0 aliphatic carbocycles. The van der Waals surface area contributed by atoms with E-state index in [1.807, 2.05) is 31.2 Å². The second kappa shape index (κ2) is 12.1. The Bertz CT molecular complexity index is 1030. The summed E-state index contributed by atoms with van der Waals surface area (Å²) in [7, 11) is 3.11. The minimum atomic E-state index is -0.627. The molecule has 0 saturated heterocycles. The minimum absolute atomic E-state index is 0.210. The van der Waals surface area contributed by atoms with E-state index < -0.39 is 17.8 Å². The summed E-state index contributed by atoms with van der Waals surface area (Å²) in [5.41, 5.74) is 1.80. The van der Waals surface area contributed by atoms with Crippen molar-refractivity contribution in [1.29, 1.82) is 0 Å². The van der Waals surface area contributed by atoms with Gasteiger partial charge in [-0.3, -0.25) is 4.79 Å². The van der Waals surface area contributed by atoms with E-state index in [4.69, 9.17) is 9.47 Å². The topological polar surface area (TPSA) is 83.5 Å². The van der Waals surface area contributed by atoms with E-state index in [0.29, 0.717) is 30.0 Å². The summed E-state index contributed by atoms with van der Waals surface area (Å²) in [6.45, 7) is 2.75. The van der Waals surface area contributed by atoms with E-state index in [1.165, 1.54) is 23.1 Å². The smallest absolute Gasteiger partial charge is 0.317 e. The lowest BCUT2D eigenvalue weighted by Gasteiger charge is -2.27. The second-order valence-corrected chi connectivity index (χ2v) is 7.90. The van der Waals surface area contributed by atoms with Gasteiger partial charge in [0.1, 0.15) is 18.1 Å². The molecule has 2 aromatic rings. The Hall–Kier alpha value is -3.46. The summed E-state index contributed by atoms with van der Waals surface area (Å²) in [6.07, 6.45) is 1.10. The molecule has 1 aliphatic rings. The lowest BCUT2D eigenvalue weighted by atomic mass is 9.98. The zero-order chi connectivity index (χ0) is 24.5. The van der Waals surface area contributed by atoms with Crippen LogP contribution in [0.3, 0.4) is 0 Å². The number of amides is 3. The van der Waals surface area contributed by atoms with Crippen molar-refractivity contribution in [3.05, 3.63) is 65.5 Å². The van der Waals surface area contributed by atoms with E-state index in [-0.39, 0.29) is 25.7 Å². The van der Waals surface area contributed by atoms with Crippen LogP contribution < -0.4 is 10.1 Å². The van der Waals surface area contributed by atoms with Crippen LogP contribution in [0.15, 0.2) is 53.6 Å². The maximum absolute atomic E-state index is 14.7. The Morgan fingerprint density at radius 3 is 2.71 bits per heavy atom. The predicted octanol–water partition coefficient (Wildman–Crippen LogP) is 3.58. The monoisotopic (exact) mass is 470 g/mol. The molecule has 0 fully saturated rings. The van der Waals surface area contributed by atoms with Crippen LogP contribution in [-0.4, -0.2) is 68.0 Å². The van der Waals surface area contributed by atoms with Gasteiger partial charge in [-0.2, -0.15) is 5.10 Å². The molecule has 3 rings (SSSR count). The molecule has 1 atom stereocenters. The molecule has 8 nitrogen and oxygen atoms in total. The number of benzene rings is 2. The molecule has 0 spiro atoms. The van der Waals surface area contributed by atoms with Gasteiger partial charge in [0.2, 0.25) is 0 Å². The van der Waals surface area contributed by atoms with Crippen LogP contribution in [0.25, 0.3) is 0 Å². The fraction of sp³-hybridized carbons (Fsp3) is 0.400. The van der Waals surface area contributed by atoms with Gasteiger partial charge in [0.15, 0.2) is 0 Å². The largest absolute Gasteiger partial charge is 0.497 e. The number of carbonyl (C=O) groups is 2. The van der Waals surface area contributed by atoms with Gasteiger partial charge in [-0.1, -0.05) is 37.3 Å². The van der Waals surface area contributed by atoms with Gasteiger partial charge >= 0.3 is 6.03 Å². The van der Waals surface area contributed by atoms with Crippen LogP contribution in [0.4, 0.5) is 9.18 Å². The Balaban J connectivity index is 1.90. The number of ether oxygens (including phenoxy) is 2. The molecule has 1 heterocycles. The third-order valence-electron chi connectivity index (χ3n) is 5.54. The number of nitrogens with one attached hydrogen (secondary N) is 1. The number of hydrazone groups is 1. The highest BCUT2D eigenvalue weighted by Gasteiger charge is 2.35. The number of rotatable bonds is 10. The molecule has 0 unspecified atom stereocenters. The third-order valence-corrected chi connectivity index (χ3v) is 5.54. The lowest BCUT2D eigenvalue weighted by Crippen LogP contribution is -2.47. The molecular weight excluding hydrogens is 439 g/mol. The molecule has 3 amide bonds. The third kappa shape index (κ3) is 6.11. The fourth-order valence-electron chi connectivity index (χ4n) is 3.74. The maximum Gasteiger partial charge on any atom is 0.317 e. The van der Waals surface area contributed by atoms with Crippen LogP contribution in [-0.2, 0) is 9.53 Å². The quantitative estimate of drug-likeness (QED) is 0.575. The van der Waals surface area contributed by atoms with E-state index >= 15 is 0 Å². The van der Waals surface area contributed by atoms with Crippen molar-refractivity contribution in [3.63, 3.8) is 0 Å². The number of halogens is 1. The molecule has 34 heavy (non-hydrogen) atoms. The highest BCUT2D eigenvalue weighted by atomic mass is 19.1. The maximum atomic E-state index is 14.7. The number of hydrogen-bond donors (Lipinski definition) is 1. The fourth-order valence-corrected chi connectivity index (χ4v) is 3.74. The van der Waals surface area contributed by atoms with Gasteiger partial charge in [0, 0.05) is 37.7 Å². The zero-order valence-corrected chi connectivity index (χ0v) is 19.8. The molecule has 0 aromatic heterocycles. The summed E-state index contributed by atoms with van der Waals surface area (Å²) in [5, 5.41) is 8.66. The highest BCUT2D eigenvalue weighted by Crippen LogP contribution is 2.34. The number of nitrogens with zero attached hydrogens (tertiary/aromatic N) is 3. The number of methoxy groups -OCH3 is 2. The van der Waals surface area contributed by atoms with Gasteiger partial charge in [-0.15, -0.1) is 0 Å². The molecule has 1 N–H and O–H groups in total. The van der Waals surface area contributed by atoms with E-state index in [1.54, 1.807) is 25.3 Å². The summed E-state index contributed by atoms with van der Waals surface area (Å²) >= 11 is 0. The summed E-state index contributed by atoms with van der Waals surface area (Å²) in [5.74, 6) is -0.163. The highest BCUT2D eigenvalue weighted by molar-refractivity contribution is 6.03. The first-order chi connectivity index (χ1) is 16.5. The summed E-state index contributed by atoms with van der Waals surface area (Å²) in [4.78, 5) is 27.4. The standard InChI is InChI=1S/C25H31FN4O4/c1-4-12-27-25(32)29(13-14-33-2)17-24(31)30-23(20-10-5-6-11-21(20)26)16-22(28-30)18-8-7-9-19(15-18)34-3/h5-11,15,23H,4,12-14,16-17H2,1-3H3,(H,27,32)/t23-/m0/s1. The summed E-state index contributed by atoms with van der Waals surface area (Å²) in [6, 6.07) is 12.7. The second-order valence-electron chi connectivity index (χ2n) is 7.90. The van der Waals surface area contributed by atoms with Gasteiger partial charge in [-0.05, 0) is 24.6 Å². The van der Waals surface area contributed by atoms with Gasteiger partial charge in [0.25, 0.3) is 5.91 Å². The lowest BCUT2D eigenvalue weighted by molar-refractivity contribution is -0.133. The molecule has 0 bridgehead atoms. The molecule has 2 aromatic carbocycles. The summed E-state index contributed by atoms with van der Waals surface area (Å²) < 4.78 is 25.1. The average Bonchev–Trinajstić information content (AvgIpc) is 3.30. The van der Waals surface area contributed by atoms with Crippen LogP contribution >= 0.6 is 0 Å². The van der Waals surface area contributed by atoms with E-state index in [2.05, 4.69) is 10.4 Å². The number of urea groups is 1. The molecule has 0 saturated carbocycles. The SMILES string of the molecule is CCCNC(=O)N(CCOC)CC(=O)N1N=C(c2cccc(OC)c2)C[C@H]1c1ccccc1F. The molecule has 0 radical (unpaired) electrons. The number of hydrogen-bond acceptors (Lipinski definition) is 5. The average molecular weight is 471 g/mol. The first kappa shape index (κ1) is 25.2. The Morgan fingerprint density at radius 1 is 1.21 bits per heavy atom. The predicted molar refractivity (Wildman–Crippen MR) is 127 cm³/mol. The van der Waals surface area contributed by atoms with Gasteiger partial charge in [-0.25, -0.2) is 14.2 Å². The normalized spacial score (nSPS) is 15.1. The van der Waals surface area contributed by atoms with Crippen molar-refractivity contribution in [2.24, 2.45) is 5.10 Å². The van der Waals surface area contributed by atoms with Crippen LogP contribution in [0.1, 0.15) is 36.9 Å². The molecule has 182 valence electrons. The van der Waals surface area contributed by atoms with Crippen LogP contribution in [0.5, 0.6) is 5.75 Å². The first-order valence-corrected chi connectivity index (χ1v) is 11.3. The zero-order valence-electron chi connectivity index (χ0n) is 19.8. The van der Waals surface area contributed by atoms with Crippen molar-refractivity contribution in [1.82, 2.24) is 15.2 Å². The number of carbonyl (C=O) groups excluding carboxylic acids is 2. The van der Waals surface area contributed by atoms with Crippen molar-refractivity contribution in [3.8, 4) is 5.75 Å².